The minimum Gasteiger partial charge on any atom is -0.375 e. The summed E-state index contributed by atoms with van der Waals surface area (Å²) in [5.74, 6) is -0.312. The SMILES string of the molecule is C[C@H]1OCCN(CCc2cnn(C)c2)[C@@H]1C(N)=O. The van der Waals surface area contributed by atoms with E-state index in [0.29, 0.717) is 6.61 Å². The van der Waals surface area contributed by atoms with Crippen molar-refractivity contribution in [3.05, 3.63) is 18.0 Å². The first-order valence-electron chi connectivity index (χ1n) is 6.20. The van der Waals surface area contributed by atoms with Crippen LogP contribution in [0.3, 0.4) is 0 Å². The molecule has 0 spiro atoms. The molecule has 0 unspecified atom stereocenters. The number of nitrogens with zero attached hydrogens (tertiary/aromatic N) is 3. The van der Waals surface area contributed by atoms with Crippen LogP contribution in [-0.2, 0) is 23.0 Å². The molecule has 2 rings (SSSR count). The lowest BCUT2D eigenvalue weighted by Crippen LogP contribution is -2.56. The Morgan fingerprint density at radius 2 is 2.44 bits per heavy atom. The Morgan fingerprint density at radius 1 is 1.67 bits per heavy atom. The number of amides is 1. The summed E-state index contributed by atoms with van der Waals surface area (Å²) < 4.78 is 7.26. The highest BCUT2D eigenvalue weighted by molar-refractivity contribution is 5.80. The topological polar surface area (TPSA) is 73.4 Å². The van der Waals surface area contributed by atoms with E-state index in [1.54, 1.807) is 4.68 Å². The highest BCUT2D eigenvalue weighted by Gasteiger charge is 2.33. The van der Waals surface area contributed by atoms with Crippen molar-refractivity contribution in [2.75, 3.05) is 19.7 Å². The van der Waals surface area contributed by atoms with Crippen molar-refractivity contribution in [3.8, 4) is 0 Å². The number of aromatic nitrogens is 2. The third-order valence-electron chi connectivity index (χ3n) is 3.33. The van der Waals surface area contributed by atoms with Crippen LogP contribution in [0.5, 0.6) is 0 Å². The molecule has 0 aliphatic carbocycles. The summed E-state index contributed by atoms with van der Waals surface area (Å²) in [7, 11) is 1.90. The number of rotatable bonds is 4. The molecule has 1 aromatic heterocycles. The maximum Gasteiger partial charge on any atom is 0.237 e. The zero-order chi connectivity index (χ0) is 13.1. The first-order chi connectivity index (χ1) is 8.58. The van der Waals surface area contributed by atoms with E-state index in [2.05, 4.69) is 10.00 Å². The summed E-state index contributed by atoms with van der Waals surface area (Å²) in [6.07, 6.45) is 4.57. The summed E-state index contributed by atoms with van der Waals surface area (Å²) in [5.41, 5.74) is 6.61. The van der Waals surface area contributed by atoms with Gasteiger partial charge in [-0.15, -0.1) is 0 Å². The Hall–Kier alpha value is -1.40. The number of hydrogen-bond acceptors (Lipinski definition) is 4. The summed E-state index contributed by atoms with van der Waals surface area (Å²) in [6, 6.07) is -0.324. The molecule has 0 saturated carbocycles. The van der Waals surface area contributed by atoms with Crippen molar-refractivity contribution in [1.29, 1.82) is 0 Å². The number of primary amides is 1. The van der Waals surface area contributed by atoms with E-state index < -0.39 is 0 Å². The third-order valence-corrected chi connectivity index (χ3v) is 3.33. The van der Waals surface area contributed by atoms with E-state index in [0.717, 1.165) is 19.5 Å². The van der Waals surface area contributed by atoms with Crippen molar-refractivity contribution in [3.63, 3.8) is 0 Å². The average molecular weight is 252 g/mol. The summed E-state index contributed by atoms with van der Waals surface area (Å²) in [4.78, 5) is 13.6. The molecule has 6 heteroatoms. The van der Waals surface area contributed by atoms with E-state index in [-0.39, 0.29) is 18.1 Å². The first-order valence-corrected chi connectivity index (χ1v) is 6.20. The van der Waals surface area contributed by atoms with Crippen LogP contribution in [0.15, 0.2) is 12.4 Å². The van der Waals surface area contributed by atoms with Gasteiger partial charge in [-0.25, -0.2) is 0 Å². The van der Waals surface area contributed by atoms with E-state index in [1.165, 1.54) is 5.56 Å². The van der Waals surface area contributed by atoms with Gasteiger partial charge in [-0.3, -0.25) is 14.4 Å². The van der Waals surface area contributed by atoms with Crippen LogP contribution in [0.1, 0.15) is 12.5 Å². The molecule has 2 N–H and O–H groups in total. The number of nitrogens with two attached hydrogens (primary N) is 1. The van der Waals surface area contributed by atoms with Crippen molar-refractivity contribution in [1.82, 2.24) is 14.7 Å². The first kappa shape index (κ1) is 13.0. The molecule has 1 fully saturated rings. The third kappa shape index (κ3) is 2.88. The molecule has 1 aliphatic rings. The molecule has 1 saturated heterocycles. The minimum absolute atomic E-state index is 0.134. The van der Waals surface area contributed by atoms with Gasteiger partial charge in [0.15, 0.2) is 0 Å². The Labute approximate surface area is 107 Å². The van der Waals surface area contributed by atoms with Crippen LogP contribution >= 0.6 is 0 Å². The summed E-state index contributed by atoms with van der Waals surface area (Å²) >= 11 is 0. The molecule has 1 aromatic rings. The second-order valence-electron chi connectivity index (χ2n) is 4.73. The molecular weight excluding hydrogens is 232 g/mol. The van der Waals surface area contributed by atoms with Crippen molar-refractivity contribution in [2.45, 2.75) is 25.5 Å². The maximum absolute atomic E-state index is 11.5. The van der Waals surface area contributed by atoms with Gasteiger partial charge in [0.25, 0.3) is 0 Å². The lowest BCUT2D eigenvalue weighted by Gasteiger charge is -2.37. The lowest BCUT2D eigenvalue weighted by molar-refractivity contribution is -0.135. The number of carbonyl (C=O) groups excluding carboxylic acids is 1. The van der Waals surface area contributed by atoms with Gasteiger partial charge in [-0.05, 0) is 18.9 Å². The van der Waals surface area contributed by atoms with Crippen LogP contribution in [-0.4, -0.2) is 52.4 Å². The molecule has 1 aliphatic heterocycles. The number of carbonyl (C=O) groups is 1. The Balaban J connectivity index is 1.96. The van der Waals surface area contributed by atoms with E-state index in [4.69, 9.17) is 10.5 Å². The van der Waals surface area contributed by atoms with Crippen molar-refractivity contribution in [2.24, 2.45) is 12.8 Å². The second kappa shape index (κ2) is 5.49. The van der Waals surface area contributed by atoms with Gasteiger partial charge in [0.05, 0.1) is 18.9 Å². The standard InChI is InChI=1S/C12H20N4O2/c1-9-11(12(13)17)16(5-6-18-9)4-3-10-7-14-15(2)8-10/h7-9,11H,3-6H2,1-2H3,(H2,13,17)/t9-,11+/m1/s1. The zero-order valence-electron chi connectivity index (χ0n) is 10.9. The van der Waals surface area contributed by atoms with Gasteiger partial charge in [0.1, 0.15) is 6.04 Å². The quantitative estimate of drug-likeness (QED) is 0.787. The highest BCUT2D eigenvalue weighted by Crippen LogP contribution is 2.14. The van der Waals surface area contributed by atoms with Crippen LogP contribution in [0.4, 0.5) is 0 Å². The molecule has 2 heterocycles. The van der Waals surface area contributed by atoms with Gasteiger partial charge in [0.2, 0.25) is 5.91 Å². The molecule has 0 aromatic carbocycles. The fourth-order valence-electron chi connectivity index (χ4n) is 2.42. The molecular formula is C12H20N4O2. The molecule has 0 bridgehead atoms. The summed E-state index contributed by atoms with van der Waals surface area (Å²) in [5, 5.41) is 4.13. The smallest absolute Gasteiger partial charge is 0.237 e. The largest absolute Gasteiger partial charge is 0.375 e. The predicted molar refractivity (Wildman–Crippen MR) is 66.9 cm³/mol. The van der Waals surface area contributed by atoms with E-state index >= 15 is 0 Å². The Bertz CT molecular complexity index is 418. The minimum atomic E-state index is -0.324. The number of morpholine rings is 1. The molecule has 0 radical (unpaired) electrons. The van der Waals surface area contributed by atoms with E-state index in [9.17, 15) is 4.79 Å². The van der Waals surface area contributed by atoms with Gasteiger partial charge >= 0.3 is 0 Å². The molecule has 18 heavy (non-hydrogen) atoms. The second-order valence-corrected chi connectivity index (χ2v) is 4.73. The molecule has 2 atom stereocenters. The van der Waals surface area contributed by atoms with Gasteiger partial charge in [-0.2, -0.15) is 5.10 Å². The van der Waals surface area contributed by atoms with Crippen molar-refractivity contribution < 1.29 is 9.53 Å². The molecule has 100 valence electrons. The number of ether oxygens (including phenoxy) is 1. The zero-order valence-corrected chi connectivity index (χ0v) is 10.9. The average Bonchev–Trinajstić information content (AvgIpc) is 2.72. The summed E-state index contributed by atoms with van der Waals surface area (Å²) in [6.45, 7) is 4.09. The van der Waals surface area contributed by atoms with Crippen LogP contribution in [0, 0.1) is 0 Å². The monoisotopic (exact) mass is 252 g/mol. The van der Waals surface area contributed by atoms with E-state index in [1.807, 2.05) is 26.4 Å². The fourth-order valence-corrected chi connectivity index (χ4v) is 2.42. The number of hydrogen-bond donors (Lipinski definition) is 1. The van der Waals surface area contributed by atoms with Crippen LogP contribution < -0.4 is 5.73 Å². The van der Waals surface area contributed by atoms with Gasteiger partial charge < -0.3 is 10.5 Å². The maximum atomic E-state index is 11.5. The predicted octanol–water partition coefficient (Wildman–Crippen LogP) is -0.463. The van der Waals surface area contributed by atoms with Crippen LogP contribution in [0.25, 0.3) is 0 Å². The highest BCUT2D eigenvalue weighted by atomic mass is 16.5. The molecule has 6 nitrogen and oxygen atoms in total. The van der Waals surface area contributed by atoms with Crippen LogP contribution in [0.2, 0.25) is 0 Å². The Morgan fingerprint density at radius 3 is 3.06 bits per heavy atom. The van der Waals surface area contributed by atoms with Gasteiger partial charge in [0, 0.05) is 26.3 Å². The molecule has 1 amide bonds. The Kier molecular flexibility index (Phi) is 3.98. The van der Waals surface area contributed by atoms with Crippen molar-refractivity contribution >= 4 is 5.91 Å². The normalized spacial score (nSPS) is 25.2. The number of aryl methyl sites for hydroxylation is 1. The lowest BCUT2D eigenvalue weighted by atomic mass is 10.1. The van der Waals surface area contributed by atoms with Gasteiger partial charge in [-0.1, -0.05) is 0 Å². The fraction of sp³-hybridized carbons (Fsp3) is 0.667.